The van der Waals surface area contributed by atoms with Gasteiger partial charge in [0.25, 0.3) is 5.69 Å². The molecule has 0 radical (unpaired) electrons. The minimum Gasteiger partial charge on any atom is -0.487 e. The molecule has 7 heteroatoms. The summed E-state index contributed by atoms with van der Waals surface area (Å²) in [5.41, 5.74) is 2.72. The van der Waals surface area contributed by atoms with Crippen molar-refractivity contribution in [2.75, 3.05) is 0 Å². The molecule has 0 aliphatic carbocycles. The van der Waals surface area contributed by atoms with Crippen molar-refractivity contribution in [3.8, 4) is 5.75 Å². The van der Waals surface area contributed by atoms with Crippen LogP contribution < -0.4 is 4.74 Å². The lowest BCUT2D eigenvalue weighted by atomic mass is 10.2. The molecule has 0 atom stereocenters. The summed E-state index contributed by atoms with van der Waals surface area (Å²) in [5.74, 6) is 0.631. The van der Waals surface area contributed by atoms with E-state index in [1.807, 2.05) is 14.0 Å². The van der Waals surface area contributed by atoms with Crippen LogP contribution in [0.2, 0.25) is 0 Å². The van der Waals surface area contributed by atoms with Gasteiger partial charge in [0.15, 0.2) is 0 Å². The highest BCUT2D eigenvalue weighted by atomic mass is 79.9. The Morgan fingerprint density at radius 1 is 1.48 bits per heavy atom. The van der Waals surface area contributed by atoms with Gasteiger partial charge in [0.2, 0.25) is 0 Å². The Morgan fingerprint density at radius 3 is 2.71 bits per heavy atom. The quantitative estimate of drug-likeness (QED) is 0.608. The number of benzene rings is 1. The van der Waals surface area contributed by atoms with Gasteiger partial charge in [-0.2, -0.15) is 5.10 Å². The van der Waals surface area contributed by atoms with Gasteiger partial charge in [0.05, 0.1) is 20.8 Å². The third-order valence-electron chi connectivity index (χ3n) is 3.24. The molecule has 1 aromatic heterocycles. The van der Waals surface area contributed by atoms with E-state index in [2.05, 4.69) is 21.0 Å². The third-order valence-corrected chi connectivity index (χ3v) is 4.15. The fourth-order valence-electron chi connectivity index (χ4n) is 2.03. The van der Waals surface area contributed by atoms with E-state index >= 15 is 0 Å². The molecule has 1 heterocycles. The van der Waals surface area contributed by atoms with Crippen LogP contribution in [-0.2, 0) is 20.1 Å². The lowest BCUT2D eigenvalue weighted by Crippen LogP contribution is -2.04. The third kappa shape index (κ3) is 3.24. The van der Waals surface area contributed by atoms with Crippen molar-refractivity contribution in [2.45, 2.75) is 26.9 Å². The minimum absolute atomic E-state index is 0.0647. The van der Waals surface area contributed by atoms with Crippen LogP contribution in [0.1, 0.15) is 23.9 Å². The number of nitro benzene ring substituents is 1. The Hall–Kier alpha value is -1.89. The number of non-ortho nitro benzene ring substituents is 1. The monoisotopic (exact) mass is 353 g/mol. The minimum atomic E-state index is -0.415. The molecule has 0 unspecified atom stereocenters. The Labute approximate surface area is 131 Å². The van der Waals surface area contributed by atoms with Gasteiger partial charge in [0.1, 0.15) is 12.4 Å². The number of hydrogen-bond acceptors (Lipinski definition) is 4. The molecular weight excluding hydrogens is 338 g/mol. The van der Waals surface area contributed by atoms with Gasteiger partial charge in [0, 0.05) is 19.2 Å². The molecular formula is C14H16BrN3O3. The molecule has 0 saturated carbocycles. The number of nitrogens with zero attached hydrogens (tertiary/aromatic N) is 3. The first-order valence-electron chi connectivity index (χ1n) is 6.52. The summed E-state index contributed by atoms with van der Waals surface area (Å²) in [5, 5.41) is 15.1. The van der Waals surface area contributed by atoms with Crippen molar-refractivity contribution in [1.82, 2.24) is 9.78 Å². The Kier molecular flexibility index (Phi) is 4.62. The smallest absolute Gasteiger partial charge is 0.269 e. The SMILES string of the molecule is CCc1nn(C)c(COc2ccc([N+](=O)[O-])cc2C)c1Br. The van der Waals surface area contributed by atoms with E-state index in [1.54, 1.807) is 17.7 Å². The van der Waals surface area contributed by atoms with Crippen LogP contribution in [0.15, 0.2) is 22.7 Å². The van der Waals surface area contributed by atoms with E-state index in [-0.39, 0.29) is 5.69 Å². The number of aromatic nitrogens is 2. The van der Waals surface area contributed by atoms with Crippen molar-refractivity contribution >= 4 is 21.6 Å². The number of halogens is 1. The normalized spacial score (nSPS) is 10.7. The molecule has 6 nitrogen and oxygen atoms in total. The van der Waals surface area contributed by atoms with E-state index in [9.17, 15) is 10.1 Å². The second kappa shape index (κ2) is 6.26. The van der Waals surface area contributed by atoms with E-state index in [1.165, 1.54) is 12.1 Å². The van der Waals surface area contributed by atoms with Gasteiger partial charge >= 0.3 is 0 Å². The van der Waals surface area contributed by atoms with Crippen LogP contribution in [0.25, 0.3) is 0 Å². The summed E-state index contributed by atoms with van der Waals surface area (Å²) in [6.07, 6.45) is 0.838. The zero-order valence-electron chi connectivity index (χ0n) is 12.1. The first kappa shape index (κ1) is 15.5. The number of ether oxygens (including phenoxy) is 1. The van der Waals surface area contributed by atoms with Gasteiger partial charge in [-0.25, -0.2) is 0 Å². The van der Waals surface area contributed by atoms with E-state index < -0.39 is 4.92 Å². The molecule has 21 heavy (non-hydrogen) atoms. The summed E-state index contributed by atoms with van der Waals surface area (Å²) in [7, 11) is 1.87. The Morgan fingerprint density at radius 2 is 2.19 bits per heavy atom. The predicted molar refractivity (Wildman–Crippen MR) is 82.5 cm³/mol. The van der Waals surface area contributed by atoms with Gasteiger partial charge in [-0.05, 0) is 40.9 Å². The van der Waals surface area contributed by atoms with Crippen LogP contribution >= 0.6 is 15.9 Å². The van der Waals surface area contributed by atoms with Crippen LogP contribution in [0.4, 0.5) is 5.69 Å². The highest BCUT2D eigenvalue weighted by Crippen LogP contribution is 2.26. The van der Waals surface area contributed by atoms with E-state index in [4.69, 9.17) is 4.74 Å². The summed E-state index contributed by atoms with van der Waals surface area (Å²) < 4.78 is 8.50. The maximum Gasteiger partial charge on any atom is 0.269 e. The van der Waals surface area contributed by atoms with Crippen LogP contribution in [0.5, 0.6) is 5.75 Å². The standard InChI is InChI=1S/C14H16BrN3O3/c1-4-11-14(15)12(17(3)16-11)8-21-13-6-5-10(18(19)20)7-9(13)2/h5-7H,4,8H2,1-3H3. The second-order valence-electron chi connectivity index (χ2n) is 4.68. The number of nitro groups is 1. The van der Waals surface area contributed by atoms with Crippen molar-refractivity contribution in [3.05, 3.63) is 49.7 Å². The van der Waals surface area contributed by atoms with Crippen LogP contribution in [0.3, 0.4) is 0 Å². The van der Waals surface area contributed by atoms with Gasteiger partial charge in [-0.15, -0.1) is 0 Å². The van der Waals surface area contributed by atoms with Crippen molar-refractivity contribution < 1.29 is 9.66 Å². The Bertz CT molecular complexity index is 682. The molecule has 0 amide bonds. The summed E-state index contributed by atoms with van der Waals surface area (Å²) >= 11 is 3.53. The van der Waals surface area contributed by atoms with Crippen molar-refractivity contribution in [1.29, 1.82) is 0 Å². The van der Waals surface area contributed by atoms with Gasteiger partial charge < -0.3 is 4.74 Å². The molecule has 0 spiro atoms. The molecule has 1 aromatic carbocycles. The number of rotatable bonds is 5. The van der Waals surface area contributed by atoms with Crippen molar-refractivity contribution in [3.63, 3.8) is 0 Å². The Balaban J connectivity index is 2.17. The average Bonchev–Trinajstić information content (AvgIpc) is 2.72. The van der Waals surface area contributed by atoms with Gasteiger partial charge in [-0.3, -0.25) is 14.8 Å². The molecule has 0 fully saturated rings. The fraction of sp³-hybridized carbons (Fsp3) is 0.357. The van der Waals surface area contributed by atoms with Crippen LogP contribution in [-0.4, -0.2) is 14.7 Å². The maximum absolute atomic E-state index is 10.7. The lowest BCUT2D eigenvalue weighted by Gasteiger charge is -2.09. The van der Waals surface area contributed by atoms with E-state index in [0.717, 1.165) is 27.8 Å². The first-order chi connectivity index (χ1) is 9.93. The maximum atomic E-state index is 10.7. The first-order valence-corrected chi connectivity index (χ1v) is 7.31. The molecule has 2 rings (SSSR count). The molecule has 0 bridgehead atoms. The molecule has 0 aliphatic heterocycles. The highest BCUT2D eigenvalue weighted by Gasteiger charge is 2.14. The van der Waals surface area contributed by atoms with Crippen LogP contribution in [0, 0.1) is 17.0 Å². The molecule has 0 N–H and O–H groups in total. The number of hydrogen-bond donors (Lipinski definition) is 0. The molecule has 0 saturated heterocycles. The summed E-state index contributed by atoms with van der Waals surface area (Å²) in [4.78, 5) is 10.3. The fourth-order valence-corrected chi connectivity index (χ4v) is 2.76. The zero-order chi connectivity index (χ0) is 15.6. The molecule has 2 aromatic rings. The van der Waals surface area contributed by atoms with Crippen molar-refractivity contribution in [2.24, 2.45) is 7.05 Å². The summed E-state index contributed by atoms with van der Waals surface area (Å²) in [6, 6.07) is 4.57. The summed E-state index contributed by atoms with van der Waals surface area (Å²) in [6.45, 7) is 4.18. The average molecular weight is 354 g/mol. The van der Waals surface area contributed by atoms with Gasteiger partial charge in [-0.1, -0.05) is 6.92 Å². The number of aryl methyl sites for hydroxylation is 3. The molecule has 0 aliphatic rings. The molecule has 112 valence electrons. The largest absolute Gasteiger partial charge is 0.487 e. The topological polar surface area (TPSA) is 70.2 Å². The second-order valence-corrected chi connectivity index (χ2v) is 5.47. The predicted octanol–water partition coefficient (Wildman–Crippen LogP) is 3.54. The highest BCUT2D eigenvalue weighted by molar-refractivity contribution is 9.10. The van der Waals surface area contributed by atoms with E-state index in [0.29, 0.717) is 12.4 Å². The zero-order valence-corrected chi connectivity index (χ0v) is 13.7. The lowest BCUT2D eigenvalue weighted by molar-refractivity contribution is -0.384.